The van der Waals surface area contributed by atoms with E-state index in [0.29, 0.717) is 21.8 Å². The van der Waals surface area contributed by atoms with Gasteiger partial charge in [-0.25, -0.2) is 0 Å². The van der Waals surface area contributed by atoms with E-state index < -0.39 is 11.8 Å². The monoisotopic (exact) mass is 557 g/mol. The van der Waals surface area contributed by atoms with Gasteiger partial charge >= 0.3 is 0 Å². The highest BCUT2D eigenvalue weighted by Crippen LogP contribution is 2.26. The van der Waals surface area contributed by atoms with E-state index in [-0.39, 0.29) is 29.7 Å². The number of carbonyl (C=O) groups excluding carboxylic acids is 3. The van der Waals surface area contributed by atoms with Crippen molar-refractivity contribution in [3.8, 4) is 0 Å². The smallest absolute Gasteiger partial charge is 0.278 e. The van der Waals surface area contributed by atoms with Crippen LogP contribution >= 0.6 is 39.1 Å². The molecule has 0 atom stereocenters. The number of hydrogen-bond acceptors (Lipinski definition) is 4. The molecule has 1 aliphatic rings. The van der Waals surface area contributed by atoms with E-state index in [1.165, 1.54) is 0 Å². The Hall–Kier alpha value is -3.13. The van der Waals surface area contributed by atoms with Gasteiger partial charge in [-0.15, -0.1) is 0 Å². The second-order valence-electron chi connectivity index (χ2n) is 7.49. The largest absolute Gasteiger partial charge is 0.375 e. The van der Waals surface area contributed by atoms with Crippen LogP contribution in [0.5, 0.6) is 0 Å². The number of hydrogen-bond donors (Lipinski definition) is 2. The van der Waals surface area contributed by atoms with Crippen LogP contribution in [0.4, 0.5) is 5.69 Å². The molecule has 6 nitrogen and oxygen atoms in total. The summed E-state index contributed by atoms with van der Waals surface area (Å²) in [5, 5.41) is 6.08. The first-order valence-electron chi connectivity index (χ1n) is 10.2. The quantitative estimate of drug-likeness (QED) is 0.377. The lowest BCUT2D eigenvalue weighted by Gasteiger charge is -2.16. The summed E-state index contributed by atoms with van der Waals surface area (Å²) in [5.74, 6) is -1.33. The molecule has 2 N–H and O–H groups in total. The van der Waals surface area contributed by atoms with Crippen molar-refractivity contribution in [2.75, 3.05) is 5.32 Å². The van der Waals surface area contributed by atoms with Gasteiger partial charge in [0.25, 0.3) is 17.7 Å². The fraction of sp³-hybridized carbons (Fsp3) is 0.0800. The summed E-state index contributed by atoms with van der Waals surface area (Å²) < 4.78 is 0.923. The van der Waals surface area contributed by atoms with E-state index in [2.05, 4.69) is 26.6 Å². The minimum Gasteiger partial charge on any atom is -0.375 e. The van der Waals surface area contributed by atoms with Crippen molar-refractivity contribution in [3.05, 3.63) is 110 Å². The second kappa shape index (κ2) is 10.4. The Morgan fingerprint density at radius 3 is 2.24 bits per heavy atom. The van der Waals surface area contributed by atoms with Crippen molar-refractivity contribution in [3.63, 3.8) is 0 Å². The minimum absolute atomic E-state index is 0.0287. The SMILES string of the molecule is O=C(Nc1ccc(Br)cc1)c1ccc(CNC2=C(Cl)C(=O)N(Cc3ccccc3Cl)C2=O)cc1. The lowest BCUT2D eigenvalue weighted by atomic mass is 10.1. The van der Waals surface area contributed by atoms with Gasteiger partial charge in [-0.3, -0.25) is 19.3 Å². The van der Waals surface area contributed by atoms with Gasteiger partial charge in [0, 0.05) is 27.3 Å². The summed E-state index contributed by atoms with van der Waals surface area (Å²) in [7, 11) is 0. The molecule has 3 aromatic carbocycles. The molecule has 0 aromatic heterocycles. The zero-order chi connectivity index (χ0) is 24.2. The summed E-state index contributed by atoms with van der Waals surface area (Å²) in [6.45, 7) is 0.278. The summed E-state index contributed by atoms with van der Waals surface area (Å²) in [6, 6.07) is 21.2. The second-order valence-corrected chi connectivity index (χ2v) is 9.19. The third-order valence-electron chi connectivity index (χ3n) is 5.19. The molecule has 34 heavy (non-hydrogen) atoms. The highest BCUT2D eigenvalue weighted by Gasteiger charge is 2.37. The standard InChI is InChI=1S/C25H18BrCl2N3O3/c26-18-9-11-19(12-10-18)30-23(32)16-7-5-15(6-8-16)13-29-22-21(28)24(33)31(25(22)34)14-17-3-1-2-4-20(17)27/h1-12,29H,13-14H2,(H,30,32). The first-order valence-corrected chi connectivity index (χ1v) is 11.8. The molecular formula is C25H18BrCl2N3O3. The summed E-state index contributed by atoms with van der Waals surface area (Å²) in [4.78, 5) is 38.8. The highest BCUT2D eigenvalue weighted by atomic mass is 79.9. The molecule has 3 aromatic rings. The van der Waals surface area contributed by atoms with Crippen molar-refractivity contribution in [1.82, 2.24) is 10.2 Å². The van der Waals surface area contributed by atoms with E-state index in [1.54, 1.807) is 60.7 Å². The van der Waals surface area contributed by atoms with Crippen LogP contribution < -0.4 is 10.6 Å². The molecule has 0 radical (unpaired) electrons. The van der Waals surface area contributed by atoms with Crippen molar-refractivity contribution in [2.45, 2.75) is 13.1 Å². The van der Waals surface area contributed by atoms with Crippen molar-refractivity contribution in [2.24, 2.45) is 0 Å². The van der Waals surface area contributed by atoms with Gasteiger partial charge in [-0.2, -0.15) is 0 Å². The van der Waals surface area contributed by atoms with E-state index in [0.717, 1.165) is 14.9 Å². The van der Waals surface area contributed by atoms with Crippen LogP contribution in [0, 0.1) is 0 Å². The summed E-state index contributed by atoms with van der Waals surface area (Å²) >= 11 is 15.7. The molecule has 0 fully saturated rings. The number of nitrogens with one attached hydrogen (secondary N) is 2. The molecule has 9 heteroatoms. The van der Waals surface area contributed by atoms with Crippen molar-refractivity contribution in [1.29, 1.82) is 0 Å². The normalized spacial score (nSPS) is 13.4. The zero-order valence-electron chi connectivity index (χ0n) is 17.6. The molecule has 0 aliphatic carbocycles. The number of amides is 3. The lowest BCUT2D eigenvalue weighted by molar-refractivity contribution is -0.138. The van der Waals surface area contributed by atoms with Crippen LogP contribution in [0.15, 0.2) is 88.0 Å². The Labute approximate surface area is 214 Å². The number of carbonyl (C=O) groups is 3. The van der Waals surface area contributed by atoms with E-state index in [9.17, 15) is 14.4 Å². The van der Waals surface area contributed by atoms with E-state index >= 15 is 0 Å². The topological polar surface area (TPSA) is 78.5 Å². The average molecular weight is 559 g/mol. The van der Waals surface area contributed by atoms with Crippen LogP contribution in [0.25, 0.3) is 0 Å². The molecule has 172 valence electrons. The van der Waals surface area contributed by atoms with Crippen LogP contribution in [0.1, 0.15) is 21.5 Å². The Morgan fingerprint density at radius 1 is 0.882 bits per heavy atom. The van der Waals surface area contributed by atoms with Crippen LogP contribution in [0.3, 0.4) is 0 Å². The molecule has 3 amide bonds. The number of benzene rings is 3. The first-order chi connectivity index (χ1) is 16.3. The molecule has 0 saturated heterocycles. The number of imide groups is 1. The number of halogens is 3. The molecule has 4 rings (SSSR count). The van der Waals surface area contributed by atoms with Crippen molar-refractivity contribution < 1.29 is 14.4 Å². The Morgan fingerprint density at radius 2 is 1.56 bits per heavy atom. The van der Waals surface area contributed by atoms with Gasteiger partial charge < -0.3 is 10.6 Å². The number of nitrogens with zero attached hydrogens (tertiary/aromatic N) is 1. The number of anilines is 1. The molecule has 0 spiro atoms. The van der Waals surface area contributed by atoms with E-state index in [1.807, 2.05) is 12.1 Å². The summed E-state index contributed by atoms with van der Waals surface area (Å²) in [5.41, 5.74) is 2.67. The fourth-order valence-corrected chi connectivity index (χ4v) is 4.05. The maximum absolute atomic E-state index is 12.8. The predicted octanol–water partition coefficient (Wildman–Crippen LogP) is 5.46. The van der Waals surface area contributed by atoms with E-state index in [4.69, 9.17) is 23.2 Å². The zero-order valence-corrected chi connectivity index (χ0v) is 20.7. The maximum atomic E-state index is 12.8. The molecule has 1 heterocycles. The third kappa shape index (κ3) is 5.33. The highest BCUT2D eigenvalue weighted by molar-refractivity contribution is 9.10. The number of rotatable bonds is 7. The molecule has 0 unspecified atom stereocenters. The van der Waals surface area contributed by atoms with Crippen LogP contribution in [-0.2, 0) is 22.7 Å². The fourth-order valence-electron chi connectivity index (χ4n) is 3.34. The van der Waals surface area contributed by atoms with Gasteiger partial charge in [0.1, 0.15) is 10.7 Å². The van der Waals surface area contributed by atoms with Gasteiger partial charge in [-0.05, 0) is 53.6 Å². The summed E-state index contributed by atoms with van der Waals surface area (Å²) in [6.07, 6.45) is 0. The Kier molecular flexibility index (Phi) is 7.36. The predicted molar refractivity (Wildman–Crippen MR) is 135 cm³/mol. The lowest BCUT2D eigenvalue weighted by Crippen LogP contribution is -2.33. The molecule has 0 bridgehead atoms. The van der Waals surface area contributed by atoms with Crippen LogP contribution in [0.2, 0.25) is 5.02 Å². The van der Waals surface area contributed by atoms with Crippen molar-refractivity contribution >= 4 is 62.5 Å². The van der Waals surface area contributed by atoms with Crippen LogP contribution in [-0.4, -0.2) is 22.6 Å². The van der Waals surface area contributed by atoms with Gasteiger partial charge in [0.05, 0.1) is 6.54 Å². The maximum Gasteiger partial charge on any atom is 0.278 e. The molecule has 0 saturated carbocycles. The Balaban J connectivity index is 1.37. The van der Waals surface area contributed by atoms with Gasteiger partial charge in [0.15, 0.2) is 0 Å². The minimum atomic E-state index is -0.575. The van der Waals surface area contributed by atoms with Gasteiger partial charge in [0.2, 0.25) is 0 Å². The average Bonchev–Trinajstić information content (AvgIpc) is 3.03. The Bertz CT molecular complexity index is 1290. The molecule has 1 aliphatic heterocycles. The molecular weight excluding hydrogens is 541 g/mol. The third-order valence-corrected chi connectivity index (χ3v) is 6.43. The van der Waals surface area contributed by atoms with Gasteiger partial charge in [-0.1, -0.05) is 69.5 Å². The first kappa shape index (κ1) is 24.0.